The van der Waals surface area contributed by atoms with E-state index in [1.807, 2.05) is 30.5 Å². The number of benzene rings is 1. The topological polar surface area (TPSA) is 56.7 Å². The van der Waals surface area contributed by atoms with Crippen LogP contribution in [0.1, 0.15) is 25.6 Å². The highest BCUT2D eigenvalue weighted by atomic mass is 35.5. The Balaban J connectivity index is 2.26. The maximum Gasteiger partial charge on any atom is 0.100 e. The second-order valence-electron chi connectivity index (χ2n) is 4.33. The van der Waals surface area contributed by atoms with E-state index >= 15 is 0 Å². The lowest BCUT2D eigenvalue weighted by Crippen LogP contribution is -2.17. The number of halogens is 1. The van der Waals surface area contributed by atoms with Gasteiger partial charge in [0.2, 0.25) is 0 Å². The van der Waals surface area contributed by atoms with Crippen molar-refractivity contribution < 1.29 is 0 Å². The molecular formula is C12H15ClN4. The van der Waals surface area contributed by atoms with E-state index in [2.05, 4.69) is 24.2 Å². The van der Waals surface area contributed by atoms with Gasteiger partial charge in [0, 0.05) is 5.02 Å². The molecule has 1 unspecified atom stereocenters. The summed E-state index contributed by atoms with van der Waals surface area (Å²) < 4.78 is 1.70. The third-order valence-electron chi connectivity index (χ3n) is 2.66. The standard InChI is InChI=1S/C12H15ClN4/c1-8(2)12(14)11-7-17(16-15-11)10-5-3-9(13)4-6-10/h3-8,12H,14H2,1-2H3. The molecule has 0 saturated carbocycles. The Bertz CT molecular complexity index is 489. The van der Waals surface area contributed by atoms with Crippen molar-refractivity contribution >= 4 is 11.6 Å². The van der Waals surface area contributed by atoms with Gasteiger partial charge in [0.15, 0.2) is 0 Å². The lowest BCUT2D eigenvalue weighted by Gasteiger charge is -2.11. The largest absolute Gasteiger partial charge is 0.322 e. The van der Waals surface area contributed by atoms with Gasteiger partial charge in [-0.1, -0.05) is 30.7 Å². The summed E-state index contributed by atoms with van der Waals surface area (Å²) in [4.78, 5) is 0. The fourth-order valence-electron chi connectivity index (χ4n) is 1.49. The molecule has 0 amide bonds. The van der Waals surface area contributed by atoms with E-state index in [0.29, 0.717) is 10.9 Å². The molecule has 0 spiro atoms. The molecule has 1 aromatic carbocycles. The van der Waals surface area contributed by atoms with Crippen LogP contribution < -0.4 is 5.73 Å². The van der Waals surface area contributed by atoms with Gasteiger partial charge < -0.3 is 5.73 Å². The summed E-state index contributed by atoms with van der Waals surface area (Å²) in [6, 6.07) is 7.33. The van der Waals surface area contributed by atoms with E-state index in [4.69, 9.17) is 17.3 Å². The zero-order valence-electron chi connectivity index (χ0n) is 9.84. The lowest BCUT2D eigenvalue weighted by atomic mass is 10.0. The Morgan fingerprint density at radius 1 is 1.24 bits per heavy atom. The Hall–Kier alpha value is -1.39. The minimum absolute atomic E-state index is 0.0870. The van der Waals surface area contributed by atoms with Crippen LogP contribution in [0.15, 0.2) is 30.5 Å². The van der Waals surface area contributed by atoms with Crippen LogP contribution in [-0.4, -0.2) is 15.0 Å². The van der Waals surface area contributed by atoms with Gasteiger partial charge in [0.05, 0.1) is 17.9 Å². The van der Waals surface area contributed by atoms with Crippen molar-refractivity contribution in [3.63, 3.8) is 0 Å². The zero-order valence-corrected chi connectivity index (χ0v) is 10.6. The molecule has 0 fully saturated rings. The average molecular weight is 251 g/mol. The first-order valence-corrected chi connectivity index (χ1v) is 5.89. The van der Waals surface area contributed by atoms with Crippen molar-refractivity contribution in [2.24, 2.45) is 11.7 Å². The van der Waals surface area contributed by atoms with E-state index < -0.39 is 0 Å². The first-order valence-electron chi connectivity index (χ1n) is 5.51. The van der Waals surface area contributed by atoms with Crippen LogP contribution in [0.3, 0.4) is 0 Å². The quantitative estimate of drug-likeness (QED) is 0.911. The fourth-order valence-corrected chi connectivity index (χ4v) is 1.62. The Morgan fingerprint density at radius 3 is 2.47 bits per heavy atom. The number of hydrogen-bond acceptors (Lipinski definition) is 3. The molecule has 2 N–H and O–H groups in total. The monoisotopic (exact) mass is 250 g/mol. The summed E-state index contributed by atoms with van der Waals surface area (Å²) in [5, 5.41) is 8.86. The predicted molar refractivity (Wildman–Crippen MR) is 68.1 cm³/mol. The molecule has 0 aliphatic carbocycles. The molecule has 4 nitrogen and oxygen atoms in total. The molecule has 17 heavy (non-hydrogen) atoms. The van der Waals surface area contributed by atoms with Crippen LogP contribution in [0.2, 0.25) is 5.02 Å². The summed E-state index contributed by atoms with van der Waals surface area (Å²) in [7, 11) is 0. The van der Waals surface area contributed by atoms with Crippen LogP contribution in [0.5, 0.6) is 0 Å². The zero-order chi connectivity index (χ0) is 12.4. The highest BCUT2D eigenvalue weighted by molar-refractivity contribution is 6.30. The molecule has 2 aromatic rings. The Labute approximate surface area is 105 Å². The van der Waals surface area contributed by atoms with Crippen LogP contribution in [0.4, 0.5) is 0 Å². The van der Waals surface area contributed by atoms with Gasteiger partial charge in [-0.3, -0.25) is 0 Å². The van der Waals surface area contributed by atoms with Crippen LogP contribution in [-0.2, 0) is 0 Å². The van der Waals surface area contributed by atoms with Gasteiger partial charge >= 0.3 is 0 Å². The van der Waals surface area contributed by atoms with Crippen molar-refractivity contribution in [3.05, 3.63) is 41.2 Å². The van der Waals surface area contributed by atoms with Gasteiger partial charge in [-0.15, -0.1) is 5.10 Å². The molecular weight excluding hydrogens is 236 g/mol. The second kappa shape index (κ2) is 4.85. The smallest absolute Gasteiger partial charge is 0.100 e. The lowest BCUT2D eigenvalue weighted by molar-refractivity contribution is 0.502. The molecule has 5 heteroatoms. The Kier molecular flexibility index (Phi) is 3.45. The third kappa shape index (κ3) is 2.65. The minimum atomic E-state index is -0.0870. The second-order valence-corrected chi connectivity index (χ2v) is 4.77. The summed E-state index contributed by atoms with van der Waals surface area (Å²) >= 11 is 5.83. The molecule has 0 aliphatic rings. The average Bonchev–Trinajstić information content (AvgIpc) is 2.78. The van der Waals surface area contributed by atoms with E-state index in [1.165, 1.54) is 0 Å². The molecule has 1 atom stereocenters. The van der Waals surface area contributed by atoms with Crippen molar-refractivity contribution in [1.82, 2.24) is 15.0 Å². The van der Waals surface area contributed by atoms with E-state index in [0.717, 1.165) is 11.4 Å². The number of aromatic nitrogens is 3. The summed E-state index contributed by atoms with van der Waals surface area (Å²) in [5.41, 5.74) is 7.74. The van der Waals surface area contributed by atoms with Gasteiger partial charge in [-0.25, -0.2) is 4.68 Å². The minimum Gasteiger partial charge on any atom is -0.322 e. The summed E-state index contributed by atoms with van der Waals surface area (Å²) in [5.74, 6) is 0.338. The normalized spacial score (nSPS) is 13.0. The van der Waals surface area contributed by atoms with Crippen molar-refractivity contribution in [3.8, 4) is 5.69 Å². The molecule has 0 aliphatic heterocycles. The third-order valence-corrected chi connectivity index (χ3v) is 2.91. The van der Waals surface area contributed by atoms with E-state index in [1.54, 1.807) is 4.68 Å². The predicted octanol–water partition coefficient (Wildman–Crippen LogP) is 2.58. The van der Waals surface area contributed by atoms with Crippen LogP contribution in [0, 0.1) is 5.92 Å². The molecule has 2 rings (SSSR count). The molecule has 0 bridgehead atoms. The fraction of sp³-hybridized carbons (Fsp3) is 0.333. The summed E-state index contributed by atoms with van der Waals surface area (Å²) in [6.07, 6.45) is 1.86. The van der Waals surface area contributed by atoms with Crippen molar-refractivity contribution in [2.75, 3.05) is 0 Å². The molecule has 1 aromatic heterocycles. The highest BCUT2D eigenvalue weighted by Gasteiger charge is 2.14. The molecule has 0 saturated heterocycles. The van der Waals surface area contributed by atoms with E-state index in [9.17, 15) is 0 Å². The van der Waals surface area contributed by atoms with Gasteiger partial charge in [0.1, 0.15) is 5.69 Å². The van der Waals surface area contributed by atoms with Gasteiger partial charge in [0.25, 0.3) is 0 Å². The SMILES string of the molecule is CC(C)C(N)c1cn(-c2ccc(Cl)cc2)nn1. The summed E-state index contributed by atoms with van der Waals surface area (Å²) in [6.45, 7) is 4.12. The number of rotatable bonds is 3. The number of hydrogen-bond donors (Lipinski definition) is 1. The van der Waals surface area contributed by atoms with E-state index in [-0.39, 0.29) is 6.04 Å². The number of nitrogens with zero attached hydrogens (tertiary/aromatic N) is 3. The maximum atomic E-state index is 6.02. The maximum absolute atomic E-state index is 6.02. The highest BCUT2D eigenvalue weighted by Crippen LogP contribution is 2.18. The molecule has 0 radical (unpaired) electrons. The van der Waals surface area contributed by atoms with Crippen molar-refractivity contribution in [1.29, 1.82) is 0 Å². The van der Waals surface area contributed by atoms with Gasteiger partial charge in [-0.2, -0.15) is 0 Å². The van der Waals surface area contributed by atoms with Crippen molar-refractivity contribution in [2.45, 2.75) is 19.9 Å². The number of nitrogens with two attached hydrogens (primary N) is 1. The van der Waals surface area contributed by atoms with Gasteiger partial charge in [-0.05, 0) is 30.2 Å². The van der Waals surface area contributed by atoms with Crippen LogP contribution in [0.25, 0.3) is 5.69 Å². The first kappa shape index (κ1) is 12.1. The van der Waals surface area contributed by atoms with Crippen LogP contribution >= 0.6 is 11.6 Å². The molecule has 90 valence electrons. The Morgan fingerprint density at radius 2 is 1.88 bits per heavy atom. The first-order chi connectivity index (χ1) is 8.08. The molecule has 1 heterocycles.